The van der Waals surface area contributed by atoms with Crippen LogP contribution in [0.1, 0.15) is 18.1 Å². The first-order valence-electron chi connectivity index (χ1n) is 8.80. The maximum Gasteiger partial charge on any atom is 0.416 e. The Morgan fingerprint density at radius 3 is 2.53 bits per heavy atom. The normalized spacial score (nSPS) is 12.2. The van der Waals surface area contributed by atoms with Crippen molar-refractivity contribution < 1.29 is 21.6 Å². The van der Waals surface area contributed by atoms with Crippen LogP contribution in [0, 0.1) is 0 Å². The summed E-state index contributed by atoms with van der Waals surface area (Å²) in [4.78, 5) is 8.07. The second kappa shape index (κ2) is 12.1. The van der Waals surface area contributed by atoms with Crippen LogP contribution in [0.2, 0.25) is 0 Å². The van der Waals surface area contributed by atoms with Gasteiger partial charge in [-0.25, -0.2) is 18.1 Å². The van der Waals surface area contributed by atoms with Crippen LogP contribution >= 0.6 is 24.0 Å². The highest BCUT2D eigenvalue weighted by Crippen LogP contribution is 2.29. The Morgan fingerprint density at radius 2 is 1.90 bits per heavy atom. The third kappa shape index (κ3) is 8.44. The second-order valence-corrected chi connectivity index (χ2v) is 7.67. The van der Waals surface area contributed by atoms with Gasteiger partial charge in [-0.2, -0.15) is 13.2 Å². The Bertz CT molecular complexity index is 925. The molecule has 1 aromatic carbocycles. The molecule has 1 aromatic heterocycles. The number of rotatable bonds is 8. The number of guanidine groups is 1. The molecule has 0 aliphatic rings. The third-order valence-corrected chi connectivity index (χ3v) is 5.12. The van der Waals surface area contributed by atoms with Gasteiger partial charge in [0.15, 0.2) is 5.96 Å². The van der Waals surface area contributed by atoms with Crippen LogP contribution in [-0.4, -0.2) is 39.0 Å². The number of nitrogens with zero attached hydrogens (tertiary/aromatic N) is 2. The molecule has 0 amide bonds. The van der Waals surface area contributed by atoms with Crippen molar-refractivity contribution in [1.29, 1.82) is 0 Å². The summed E-state index contributed by atoms with van der Waals surface area (Å²) in [5, 5.41) is 5.89. The van der Waals surface area contributed by atoms with Crippen LogP contribution in [0.4, 0.5) is 13.2 Å². The molecule has 0 aliphatic heterocycles. The molecular weight excluding hydrogens is 534 g/mol. The van der Waals surface area contributed by atoms with Gasteiger partial charge in [-0.3, -0.25) is 4.98 Å². The summed E-state index contributed by atoms with van der Waals surface area (Å²) < 4.78 is 65.0. The summed E-state index contributed by atoms with van der Waals surface area (Å²) in [6, 6.07) is 7.91. The fourth-order valence-electron chi connectivity index (χ4n) is 2.31. The lowest BCUT2D eigenvalue weighted by Crippen LogP contribution is -2.41. The van der Waals surface area contributed by atoms with E-state index >= 15 is 0 Å². The topological polar surface area (TPSA) is 95.5 Å². The van der Waals surface area contributed by atoms with Crippen LogP contribution in [0.25, 0.3) is 0 Å². The Labute approximate surface area is 190 Å². The van der Waals surface area contributed by atoms with Crippen molar-refractivity contribution in [1.82, 2.24) is 20.3 Å². The molecule has 0 unspecified atom stereocenters. The molecule has 0 fully saturated rings. The first kappa shape index (κ1) is 26.1. The van der Waals surface area contributed by atoms with Crippen molar-refractivity contribution in [2.45, 2.75) is 24.5 Å². The molecule has 30 heavy (non-hydrogen) atoms. The van der Waals surface area contributed by atoms with Crippen molar-refractivity contribution in [3.05, 3.63) is 59.9 Å². The maximum atomic E-state index is 12.8. The molecule has 0 atom stereocenters. The maximum absolute atomic E-state index is 12.8. The molecule has 0 saturated carbocycles. The first-order valence-corrected chi connectivity index (χ1v) is 10.3. The van der Waals surface area contributed by atoms with Gasteiger partial charge in [-0.1, -0.05) is 12.1 Å². The lowest BCUT2D eigenvalue weighted by Gasteiger charge is -2.12. The molecule has 7 nitrogen and oxygen atoms in total. The number of hydrogen-bond acceptors (Lipinski definition) is 4. The molecule has 12 heteroatoms. The summed E-state index contributed by atoms with van der Waals surface area (Å²) in [5.41, 5.74) is -0.317. The van der Waals surface area contributed by atoms with E-state index in [1.807, 2.05) is 6.92 Å². The number of halogens is 4. The zero-order valence-electron chi connectivity index (χ0n) is 16.1. The lowest BCUT2D eigenvalue weighted by atomic mass is 10.1. The quantitative estimate of drug-likeness (QED) is 0.201. The predicted molar refractivity (Wildman–Crippen MR) is 119 cm³/mol. The van der Waals surface area contributed by atoms with E-state index in [9.17, 15) is 21.6 Å². The van der Waals surface area contributed by atoms with Gasteiger partial charge >= 0.3 is 6.18 Å². The van der Waals surface area contributed by atoms with Crippen molar-refractivity contribution in [3.63, 3.8) is 0 Å². The van der Waals surface area contributed by atoms with Crippen LogP contribution in [-0.2, 0) is 22.7 Å². The lowest BCUT2D eigenvalue weighted by molar-refractivity contribution is -0.137. The van der Waals surface area contributed by atoms with Crippen LogP contribution in [0.15, 0.2) is 58.7 Å². The molecule has 0 saturated heterocycles. The Morgan fingerprint density at radius 1 is 1.13 bits per heavy atom. The number of nitrogens with one attached hydrogen (secondary N) is 3. The minimum absolute atomic E-state index is 0. The molecule has 0 radical (unpaired) electrons. The Hall–Kier alpha value is -1.93. The minimum atomic E-state index is -4.41. The number of aliphatic imine (C=N–C) groups is 1. The zero-order chi connectivity index (χ0) is 21.3. The summed E-state index contributed by atoms with van der Waals surface area (Å²) in [6.07, 6.45) is -1.69. The standard InChI is InChI=1S/C18H22F3N5O2S.HI/c1-2-23-17(25-12-14-5-3-6-15(11-14)18(19,20)21)24-9-10-26-29(27,28)16-7-4-8-22-13-16;/h3-8,11,13,26H,2,9-10,12H2,1H3,(H2,23,24,25);1H. The van der Waals surface area contributed by atoms with Crippen molar-refractivity contribution in [2.24, 2.45) is 4.99 Å². The smallest absolute Gasteiger partial charge is 0.357 e. The van der Waals surface area contributed by atoms with E-state index in [1.165, 1.54) is 30.6 Å². The molecule has 0 bridgehead atoms. The monoisotopic (exact) mass is 557 g/mol. The van der Waals surface area contributed by atoms with Gasteiger partial charge in [0.1, 0.15) is 4.90 Å². The average molecular weight is 557 g/mol. The van der Waals surface area contributed by atoms with Crippen LogP contribution in [0.3, 0.4) is 0 Å². The third-order valence-electron chi connectivity index (χ3n) is 3.67. The van der Waals surface area contributed by atoms with E-state index in [2.05, 4.69) is 25.3 Å². The molecule has 3 N–H and O–H groups in total. The second-order valence-electron chi connectivity index (χ2n) is 5.91. The molecule has 0 spiro atoms. The molecule has 166 valence electrons. The van der Waals surface area contributed by atoms with Crippen molar-refractivity contribution >= 4 is 40.0 Å². The van der Waals surface area contributed by atoms with Gasteiger partial charge < -0.3 is 10.6 Å². The first-order chi connectivity index (χ1) is 13.7. The van der Waals surface area contributed by atoms with Gasteiger partial charge in [0.2, 0.25) is 10.0 Å². The van der Waals surface area contributed by atoms with E-state index in [0.717, 1.165) is 12.1 Å². The SMILES string of the molecule is CCNC(=NCc1cccc(C(F)(F)F)c1)NCCNS(=O)(=O)c1cccnc1.I. The van der Waals surface area contributed by atoms with E-state index in [-0.39, 0.29) is 48.5 Å². The van der Waals surface area contributed by atoms with Gasteiger partial charge in [-0.15, -0.1) is 24.0 Å². The number of hydrogen-bond donors (Lipinski definition) is 3. The molecule has 0 aliphatic carbocycles. The summed E-state index contributed by atoms with van der Waals surface area (Å²) >= 11 is 0. The van der Waals surface area contributed by atoms with E-state index in [4.69, 9.17) is 0 Å². The number of alkyl halides is 3. The number of benzene rings is 1. The summed E-state index contributed by atoms with van der Waals surface area (Å²) in [6.45, 7) is 2.74. The van der Waals surface area contributed by atoms with Crippen LogP contribution < -0.4 is 15.4 Å². The highest BCUT2D eigenvalue weighted by atomic mass is 127. The molecular formula is C18H23F3IN5O2S. The van der Waals surface area contributed by atoms with Gasteiger partial charge in [0.05, 0.1) is 12.1 Å². The Kier molecular flexibility index (Phi) is 10.5. The predicted octanol–water partition coefficient (Wildman–Crippen LogP) is 2.75. The number of sulfonamides is 1. The summed E-state index contributed by atoms with van der Waals surface area (Å²) in [7, 11) is -3.66. The summed E-state index contributed by atoms with van der Waals surface area (Å²) in [5.74, 6) is 0.366. The molecule has 1 heterocycles. The van der Waals surface area contributed by atoms with Crippen molar-refractivity contribution in [2.75, 3.05) is 19.6 Å². The fraction of sp³-hybridized carbons (Fsp3) is 0.333. The Balaban J connectivity index is 0.00000450. The van der Waals surface area contributed by atoms with Gasteiger partial charge in [-0.05, 0) is 36.8 Å². The number of aromatic nitrogens is 1. The van der Waals surface area contributed by atoms with E-state index in [1.54, 1.807) is 6.07 Å². The van der Waals surface area contributed by atoms with Gasteiger partial charge in [0, 0.05) is 32.0 Å². The average Bonchev–Trinajstić information content (AvgIpc) is 2.69. The van der Waals surface area contributed by atoms with Crippen LogP contribution in [0.5, 0.6) is 0 Å². The fourth-order valence-corrected chi connectivity index (χ4v) is 3.31. The number of pyridine rings is 1. The van der Waals surface area contributed by atoms with E-state index in [0.29, 0.717) is 18.1 Å². The highest BCUT2D eigenvalue weighted by molar-refractivity contribution is 14.0. The minimum Gasteiger partial charge on any atom is -0.357 e. The largest absolute Gasteiger partial charge is 0.416 e. The molecule has 2 rings (SSSR count). The molecule has 2 aromatic rings. The zero-order valence-corrected chi connectivity index (χ0v) is 19.3. The highest BCUT2D eigenvalue weighted by Gasteiger charge is 2.30. The van der Waals surface area contributed by atoms with Gasteiger partial charge in [0.25, 0.3) is 0 Å². The van der Waals surface area contributed by atoms with Crippen molar-refractivity contribution in [3.8, 4) is 0 Å². The van der Waals surface area contributed by atoms with E-state index < -0.39 is 21.8 Å².